The van der Waals surface area contributed by atoms with Crippen LogP contribution in [0.4, 0.5) is 0 Å². The second-order valence-electron chi connectivity index (χ2n) is 11.7. The Morgan fingerprint density at radius 1 is 0.750 bits per heavy atom. The molecule has 4 aromatic rings. The van der Waals surface area contributed by atoms with Crippen molar-refractivity contribution in [2.45, 2.75) is 37.9 Å². The number of likely N-dealkylation sites (tertiary alicyclic amines) is 1. The van der Waals surface area contributed by atoms with E-state index in [4.69, 9.17) is 18.9 Å². The monoisotopic (exact) mass is 651 g/mol. The second-order valence-corrected chi connectivity index (χ2v) is 11.7. The molecule has 250 valence electrons. The third kappa shape index (κ3) is 7.22. The van der Waals surface area contributed by atoms with Crippen molar-refractivity contribution in [3.63, 3.8) is 0 Å². The van der Waals surface area contributed by atoms with E-state index in [2.05, 4.69) is 10.6 Å². The van der Waals surface area contributed by atoms with Gasteiger partial charge in [-0.2, -0.15) is 0 Å². The number of benzene rings is 4. The van der Waals surface area contributed by atoms with Gasteiger partial charge in [0, 0.05) is 35.8 Å². The summed E-state index contributed by atoms with van der Waals surface area (Å²) in [4.78, 5) is 43.2. The number of nitrogens with zero attached hydrogens (tertiary/aromatic N) is 1. The van der Waals surface area contributed by atoms with Gasteiger partial charge in [-0.1, -0.05) is 42.5 Å². The normalized spacial score (nSPS) is 17.2. The minimum absolute atomic E-state index is 0.0738. The number of carbonyl (C=O) groups is 3. The highest BCUT2D eigenvalue weighted by Crippen LogP contribution is 2.35. The van der Waals surface area contributed by atoms with E-state index in [-0.39, 0.29) is 49.7 Å². The molecule has 0 aromatic heterocycles. The molecule has 10 nitrogen and oxygen atoms in total. The summed E-state index contributed by atoms with van der Waals surface area (Å²) in [5.74, 6) is 1.39. The third-order valence-corrected chi connectivity index (χ3v) is 8.84. The molecule has 1 saturated heterocycles. The van der Waals surface area contributed by atoms with E-state index in [0.29, 0.717) is 33.9 Å². The molecule has 2 atom stereocenters. The summed E-state index contributed by atoms with van der Waals surface area (Å²) < 4.78 is 21.8. The Balaban J connectivity index is 1.40. The summed E-state index contributed by atoms with van der Waals surface area (Å²) in [6.07, 6.45) is 0.429. The van der Waals surface area contributed by atoms with Crippen LogP contribution in [-0.2, 0) is 11.3 Å². The number of nitrogens with one attached hydrogen (secondary N) is 2. The number of rotatable bonds is 11. The zero-order valence-corrected chi connectivity index (χ0v) is 27.9. The van der Waals surface area contributed by atoms with E-state index in [1.807, 2.05) is 61.5 Å². The van der Waals surface area contributed by atoms with E-state index >= 15 is 0 Å². The molecule has 48 heavy (non-hydrogen) atoms. The van der Waals surface area contributed by atoms with Crippen LogP contribution in [0.2, 0.25) is 0 Å². The average Bonchev–Trinajstić information content (AvgIpc) is 3.13. The van der Waals surface area contributed by atoms with E-state index in [9.17, 15) is 14.4 Å². The van der Waals surface area contributed by atoms with Crippen molar-refractivity contribution in [1.82, 2.24) is 15.5 Å². The molecule has 10 heteroatoms. The van der Waals surface area contributed by atoms with E-state index < -0.39 is 5.54 Å². The van der Waals surface area contributed by atoms with Gasteiger partial charge in [0.15, 0.2) is 0 Å². The molecular weight excluding hydrogens is 610 g/mol. The predicted molar refractivity (Wildman–Crippen MR) is 183 cm³/mol. The first-order valence-corrected chi connectivity index (χ1v) is 15.7. The van der Waals surface area contributed by atoms with Gasteiger partial charge in [-0.05, 0) is 67.3 Å². The molecule has 2 N–H and O–H groups in total. The Hall–Kier alpha value is -5.51. The molecule has 1 aliphatic heterocycles. The minimum Gasteiger partial charge on any atom is -0.497 e. The van der Waals surface area contributed by atoms with Crippen LogP contribution in [0.15, 0.2) is 91.0 Å². The van der Waals surface area contributed by atoms with Gasteiger partial charge in [-0.15, -0.1) is 0 Å². The lowest BCUT2D eigenvalue weighted by atomic mass is 9.81. The molecular formula is C38H41N3O7. The number of methoxy groups -OCH3 is 4. The van der Waals surface area contributed by atoms with Crippen molar-refractivity contribution in [2.24, 2.45) is 0 Å². The molecule has 2 unspecified atom stereocenters. The molecule has 1 fully saturated rings. The summed E-state index contributed by atoms with van der Waals surface area (Å²) in [5.41, 5.74) is 2.22. The molecule has 0 bridgehead atoms. The Kier molecular flexibility index (Phi) is 10.5. The Bertz CT molecular complexity index is 1720. The predicted octanol–water partition coefficient (Wildman–Crippen LogP) is 5.50. The fraction of sp³-hybridized carbons (Fsp3) is 0.289. The smallest absolute Gasteiger partial charge is 0.254 e. The standard InChI is InChI=1S/C38H41N3O7/c1-25-23-38(19-20-41(25)36(43)29-9-7-6-8-10-29,37(44)39-24-32-33(47-4)21-31(46-3)22-34(32)48-5)40-35(42)28-13-11-26(12-14-28)27-15-17-30(45-2)18-16-27/h6-18,21-22,25H,19-20,23-24H2,1-5H3,(H,39,44)(H,40,42). The van der Waals surface area contributed by atoms with Crippen molar-refractivity contribution in [3.8, 4) is 34.1 Å². The molecule has 1 aliphatic rings. The quantitative estimate of drug-likeness (QED) is 0.220. The van der Waals surface area contributed by atoms with Gasteiger partial charge in [0.1, 0.15) is 28.5 Å². The van der Waals surface area contributed by atoms with E-state index in [1.165, 1.54) is 14.2 Å². The Morgan fingerprint density at radius 3 is 1.88 bits per heavy atom. The molecule has 0 spiro atoms. The van der Waals surface area contributed by atoms with Crippen LogP contribution in [0.3, 0.4) is 0 Å². The van der Waals surface area contributed by atoms with Crippen LogP contribution in [0.1, 0.15) is 46.0 Å². The highest BCUT2D eigenvalue weighted by Gasteiger charge is 2.46. The SMILES string of the molecule is COc1ccc(-c2ccc(C(=O)NC3(C(=O)NCc4c(OC)cc(OC)cc4OC)CCN(C(=O)c4ccccc4)C(C)C3)cc2)cc1. The summed E-state index contributed by atoms with van der Waals surface area (Å²) in [7, 11) is 6.23. The molecule has 4 aromatic carbocycles. The molecule has 0 saturated carbocycles. The highest BCUT2D eigenvalue weighted by atomic mass is 16.5. The number of piperidine rings is 1. The van der Waals surface area contributed by atoms with Crippen LogP contribution in [0.25, 0.3) is 11.1 Å². The van der Waals surface area contributed by atoms with E-state index in [0.717, 1.165) is 16.9 Å². The zero-order chi connectivity index (χ0) is 34.3. The Labute approximate surface area is 281 Å². The number of hydrogen-bond acceptors (Lipinski definition) is 7. The second kappa shape index (κ2) is 14.9. The first-order valence-electron chi connectivity index (χ1n) is 15.7. The highest BCUT2D eigenvalue weighted by molar-refractivity contribution is 6.00. The van der Waals surface area contributed by atoms with Crippen molar-refractivity contribution in [1.29, 1.82) is 0 Å². The van der Waals surface area contributed by atoms with Crippen molar-refractivity contribution >= 4 is 17.7 Å². The summed E-state index contributed by atoms with van der Waals surface area (Å²) in [6, 6.07) is 27.0. The Morgan fingerprint density at radius 2 is 1.33 bits per heavy atom. The number of hydrogen-bond donors (Lipinski definition) is 2. The van der Waals surface area contributed by atoms with Crippen LogP contribution in [-0.4, -0.2) is 69.2 Å². The van der Waals surface area contributed by atoms with Gasteiger partial charge < -0.3 is 34.5 Å². The lowest BCUT2D eigenvalue weighted by Gasteiger charge is -2.45. The molecule has 0 radical (unpaired) electrons. The van der Waals surface area contributed by atoms with Crippen molar-refractivity contribution in [2.75, 3.05) is 35.0 Å². The first-order chi connectivity index (χ1) is 23.2. The largest absolute Gasteiger partial charge is 0.497 e. The van der Waals surface area contributed by atoms with Gasteiger partial charge in [0.05, 0.1) is 40.5 Å². The zero-order valence-electron chi connectivity index (χ0n) is 27.9. The van der Waals surface area contributed by atoms with E-state index in [1.54, 1.807) is 55.5 Å². The maximum atomic E-state index is 14.2. The van der Waals surface area contributed by atoms with Crippen molar-refractivity contribution < 1.29 is 33.3 Å². The van der Waals surface area contributed by atoms with Gasteiger partial charge in [0.2, 0.25) is 5.91 Å². The fourth-order valence-electron chi connectivity index (χ4n) is 6.15. The molecule has 3 amide bonds. The van der Waals surface area contributed by atoms with Crippen LogP contribution >= 0.6 is 0 Å². The van der Waals surface area contributed by atoms with Gasteiger partial charge in [-0.3, -0.25) is 14.4 Å². The fourth-order valence-corrected chi connectivity index (χ4v) is 6.15. The van der Waals surface area contributed by atoms with Gasteiger partial charge >= 0.3 is 0 Å². The van der Waals surface area contributed by atoms with Crippen molar-refractivity contribution in [3.05, 3.63) is 108 Å². The lowest BCUT2D eigenvalue weighted by Crippen LogP contribution is -2.65. The third-order valence-electron chi connectivity index (χ3n) is 8.84. The lowest BCUT2D eigenvalue weighted by molar-refractivity contribution is -0.130. The molecule has 1 heterocycles. The summed E-state index contributed by atoms with van der Waals surface area (Å²) in [6.45, 7) is 2.24. The average molecular weight is 652 g/mol. The minimum atomic E-state index is -1.30. The molecule has 0 aliphatic carbocycles. The van der Waals surface area contributed by atoms with Crippen LogP contribution in [0, 0.1) is 0 Å². The number of amides is 3. The van der Waals surface area contributed by atoms with Crippen LogP contribution < -0.4 is 29.6 Å². The maximum absolute atomic E-state index is 14.2. The van der Waals surface area contributed by atoms with Gasteiger partial charge in [0.25, 0.3) is 11.8 Å². The maximum Gasteiger partial charge on any atom is 0.254 e. The summed E-state index contributed by atoms with van der Waals surface area (Å²) in [5, 5.41) is 6.10. The number of carbonyl (C=O) groups excluding carboxylic acids is 3. The molecule has 5 rings (SSSR count). The first kappa shape index (κ1) is 33.8. The van der Waals surface area contributed by atoms with Crippen LogP contribution in [0.5, 0.6) is 23.0 Å². The number of ether oxygens (including phenoxy) is 4. The topological polar surface area (TPSA) is 115 Å². The summed E-state index contributed by atoms with van der Waals surface area (Å²) >= 11 is 0. The van der Waals surface area contributed by atoms with Gasteiger partial charge in [-0.25, -0.2) is 0 Å².